The van der Waals surface area contributed by atoms with Crippen LogP contribution in [0.3, 0.4) is 0 Å². The molecule has 0 aliphatic carbocycles. The zero-order valence-electron chi connectivity index (χ0n) is 11.5. The first-order valence-electron chi connectivity index (χ1n) is 6.71. The van der Waals surface area contributed by atoms with Crippen molar-refractivity contribution < 1.29 is 0 Å². The number of hydrogen-bond donors (Lipinski definition) is 2. The van der Waals surface area contributed by atoms with Gasteiger partial charge in [-0.05, 0) is 32.4 Å². The summed E-state index contributed by atoms with van der Waals surface area (Å²) in [5.74, 6) is 1.77. The van der Waals surface area contributed by atoms with Gasteiger partial charge in [0.1, 0.15) is 5.82 Å². The quantitative estimate of drug-likeness (QED) is 0.841. The zero-order valence-corrected chi connectivity index (χ0v) is 11.5. The van der Waals surface area contributed by atoms with E-state index in [9.17, 15) is 0 Å². The molecule has 1 saturated heterocycles. The minimum atomic E-state index is 0.494. The molecule has 5 heteroatoms. The molecule has 2 N–H and O–H groups in total. The summed E-state index contributed by atoms with van der Waals surface area (Å²) in [6.45, 7) is 4.28. The van der Waals surface area contributed by atoms with Crippen molar-refractivity contribution in [3.05, 3.63) is 11.8 Å². The fraction of sp³-hybridized carbons (Fsp3) is 0.692. The molecule has 1 aromatic rings. The van der Waals surface area contributed by atoms with Crippen LogP contribution in [0.2, 0.25) is 0 Å². The van der Waals surface area contributed by atoms with Gasteiger partial charge in [-0.1, -0.05) is 6.92 Å². The smallest absolute Gasteiger partial charge is 0.224 e. The number of nitrogens with zero attached hydrogens (tertiary/aromatic N) is 3. The highest BCUT2D eigenvalue weighted by Gasteiger charge is 2.15. The molecule has 0 aromatic carbocycles. The molecule has 1 aliphatic heterocycles. The van der Waals surface area contributed by atoms with Crippen LogP contribution in [0.5, 0.6) is 0 Å². The van der Waals surface area contributed by atoms with E-state index >= 15 is 0 Å². The molecule has 0 atom stereocenters. The molecule has 0 spiro atoms. The van der Waals surface area contributed by atoms with E-state index < -0.39 is 0 Å². The fourth-order valence-corrected chi connectivity index (χ4v) is 2.25. The van der Waals surface area contributed by atoms with Gasteiger partial charge in [0.2, 0.25) is 5.95 Å². The molecule has 18 heavy (non-hydrogen) atoms. The third-order valence-electron chi connectivity index (χ3n) is 3.32. The van der Waals surface area contributed by atoms with E-state index in [2.05, 4.69) is 27.5 Å². The Bertz CT molecular complexity index is 385. The van der Waals surface area contributed by atoms with Crippen molar-refractivity contribution in [3.8, 4) is 0 Å². The summed E-state index contributed by atoms with van der Waals surface area (Å²) in [6, 6.07) is 0.494. The number of hydrogen-bond acceptors (Lipinski definition) is 5. The highest BCUT2D eigenvalue weighted by molar-refractivity contribution is 5.48. The number of aromatic nitrogens is 2. The molecule has 0 unspecified atom stereocenters. The first-order chi connectivity index (χ1) is 8.70. The molecular weight excluding hydrogens is 226 g/mol. The van der Waals surface area contributed by atoms with Gasteiger partial charge in [0.05, 0.1) is 0 Å². The maximum absolute atomic E-state index is 4.62. The van der Waals surface area contributed by atoms with Crippen LogP contribution in [0.1, 0.15) is 25.3 Å². The SMILES string of the molecule is CCc1cnc(NC2CCNCC2)nc1N(C)C. The number of rotatable bonds is 4. The van der Waals surface area contributed by atoms with Crippen molar-refractivity contribution in [2.24, 2.45) is 0 Å². The van der Waals surface area contributed by atoms with Gasteiger partial charge in [0.25, 0.3) is 0 Å². The summed E-state index contributed by atoms with van der Waals surface area (Å²) < 4.78 is 0. The van der Waals surface area contributed by atoms with Gasteiger partial charge in [0.15, 0.2) is 0 Å². The molecule has 1 aromatic heterocycles. The molecule has 1 aliphatic rings. The number of aryl methyl sites for hydroxylation is 1. The second-order valence-corrected chi connectivity index (χ2v) is 4.96. The third-order valence-corrected chi connectivity index (χ3v) is 3.32. The van der Waals surface area contributed by atoms with Crippen molar-refractivity contribution in [2.45, 2.75) is 32.2 Å². The molecule has 2 rings (SSSR count). The maximum atomic E-state index is 4.62. The fourth-order valence-electron chi connectivity index (χ4n) is 2.25. The molecule has 2 heterocycles. The summed E-state index contributed by atoms with van der Waals surface area (Å²) >= 11 is 0. The second kappa shape index (κ2) is 6.00. The van der Waals surface area contributed by atoms with Crippen LogP contribution in [0.15, 0.2) is 6.20 Å². The summed E-state index contributed by atoms with van der Waals surface area (Å²) in [7, 11) is 4.05. The van der Waals surface area contributed by atoms with Gasteiger partial charge in [-0.15, -0.1) is 0 Å². The largest absolute Gasteiger partial charge is 0.362 e. The Morgan fingerprint density at radius 1 is 1.39 bits per heavy atom. The van der Waals surface area contributed by atoms with Crippen molar-refractivity contribution in [2.75, 3.05) is 37.4 Å². The van der Waals surface area contributed by atoms with Gasteiger partial charge >= 0.3 is 0 Å². The molecule has 1 fully saturated rings. The predicted molar refractivity (Wildman–Crippen MR) is 75.3 cm³/mol. The summed E-state index contributed by atoms with van der Waals surface area (Å²) in [5, 5.41) is 6.80. The van der Waals surface area contributed by atoms with Crippen molar-refractivity contribution in [1.82, 2.24) is 15.3 Å². The lowest BCUT2D eigenvalue weighted by atomic mass is 10.1. The van der Waals surface area contributed by atoms with E-state index in [0.717, 1.165) is 44.1 Å². The van der Waals surface area contributed by atoms with E-state index in [-0.39, 0.29) is 0 Å². The molecule has 0 bridgehead atoms. The van der Waals surface area contributed by atoms with Crippen LogP contribution in [-0.2, 0) is 6.42 Å². The van der Waals surface area contributed by atoms with Crippen LogP contribution < -0.4 is 15.5 Å². The topological polar surface area (TPSA) is 53.1 Å². The van der Waals surface area contributed by atoms with E-state index in [1.807, 2.05) is 25.2 Å². The Kier molecular flexibility index (Phi) is 4.36. The Morgan fingerprint density at radius 3 is 2.72 bits per heavy atom. The maximum Gasteiger partial charge on any atom is 0.224 e. The number of anilines is 2. The molecule has 5 nitrogen and oxygen atoms in total. The minimum absolute atomic E-state index is 0.494. The predicted octanol–water partition coefficient (Wildman–Crippen LogP) is 1.27. The third kappa shape index (κ3) is 3.10. The number of nitrogens with one attached hydrogen (secondary N) is 2. The van der Waals surface area contributed by atoms with Gasteiger partial charge in [0, 0.05) is 31.9 Å². The van der Waals surface area contributed by atoms with Gasteiger partial charge in [-0.25, -0.2) is 4.98 Å². The molecule has 0 radical (unpaired) electrons. The van der Waals surface area contributed by atoms with Crippen LogP contribution >= 0.6 is 0 Å². The van der Waals surface area contributed by atoms with E-state index in [0.29, 0.717) is 6.04 Å². The standard InChI is InChI=1S/C13H23N5/c1-4-10-9-15-13(17-12(10)18(2)3)16-11-5-7-14-8-6-11/h9,11,14H,4-8H2,1-3H3,(H,15,16,17). The normalized spacial score (nSPS) is 16.6. The highest BCUT2D eigenvalue weighted by Crippen LogP contribution is 2.18. The van der Waals surface area contributed by atoms with Crippen LogP contribution in [0.25, 0.3) is 0 Å². The number of piperidine rings is 1. The lowest BCUT2D eigenvalue weighted by molar-refractivity contribution is 0.477. The van der Waals surface area contributed by atoms with Crippen molar-refractivity contribution >= 4 is 11.8 Å². The highest BCUT2D eigenvalue weighted by atomic mass is 15.2. The molecule has 0 saturated carbocycles. The molecular formula is C13H23N5. The van der Waals surface area contributed by atoms with Crippen LogP contribution in [0, 0.1) is 0 Å². The summed E-state index contributed by atoms with van der Waals surface area (Å²) in [6.07, 6.45) is 5.17. The van der Waals surface area contributed by atoms with E-state index in [1.54, 1.807) is 0 Å². The Labute approximate surface area is 109 Å². The molecule has 0 amide bonds. The van der Waals surface area contributed by atoms with Crippen molar-refractivity contribution in [1.29, 1.82) is 0 Å². The monoisotopic (exact) mass is 249 g/mol. The van der Waals surface area contributed by atoms with Gasteiger partial charge < -0.3 is 15.5 Å². The summed E-state index contributed by atoms with van der Waals surface area (Å²) in [5.41, 5.74) is 1.19. The average molecular weight is 249 g/mol. The van der Waals surface area contributed by atoms with Crippen molar-refractivity contribution in [3.63, 3.8) is 0 Å². The Morgan fingerprint density at radius 2 is 2.11 bits per heavy atom. The van der Waals surface area contributed by atoms with Gasteiger partial charge in [-0.3, -0.25) is 0 Å². The summed E-state index contributed by atoms with van der Waals surface area (Å²) in [4.78, 5) is 11.1. The lowest BCUT2D eigenvalue weighted by Crippen LogP contribution is -2.35. The van der Waals surface area contributed by atoms with Gasteiger partial charge in [-0.2, -0.15) is 4.98 Å². The zero-order chi connectivity index (χ0) is 13.0. The van der Waals surface area contributed by atoms with Crippen LogP contribution in [0.4, 0.5) is 11.8 Å². The van der Waals surface area contributed by atoms with E-state index in [1.165, 1.54) is 5.56 Å². The minimum Gasteiger partial charge on any atom is -0.362 e. The lowest BCUT2D eigenvalue weighted by Gasteiger charge is -2.24. The average Bonchev–Trinajstić information content (AvgIpc) is 2.40. The van der Waals surface area contributed by atoms with Crippen LogP contribution in [-0.4, -0.2) is 43.2 Å². The first kappa shape index (κ1) is 13.1. The first-order valence-corrected chi connectivity index (χ1v) is 6.71. The molecule has 100 valence electrons. The Balaban J connectivity index is 2.10. The second-order valence-electron chi connectivity index (χ2n) is 4.96. The Hall–Kier alpha value is -1.36. The van der Waals surface area contributed by atoms with E-state index in [4.69, 9.17) is 0 Å².